The predicted octanol–water partition coefficient (Wildman–Crippen LogP) is 4.16. The first kappa shape index (κ1) is 27.5. The van der Waals surface area contributed by atoms with Crippen molar-refractivity contribution in [3.05, 3.63) is 84.9 Å². The van der Waals surface area contributed by atoms with Crippen molar-refractivity contribution in [1.29, 1.82) is 0 Å². The van der Waals surface area contributed by atoms with Crippen molar-refractivity contribution >= 4 is 33.4 Å². The number of anilines is 1. The normalized spacial score (nSPS) is 16.3. The Labute approximate surface area is 244 Å². The number of para-hydroxylation sites is 2. The Hall–Kier alpha value is -3.67. The second-order valence-corrected chi connectivity index (χ2v) is 13.0. The molecule has 2 aliphatic rings. The van der Waals surface area contributed by atoms with Gasteiger partial charge >= 0.3 is 0 Å². The van der Waals surface area contributed by atoms with E-state index in [-0.39, 0.29) is 16.6 Å². The summed E-state index contributed by atoms with van der Waals surface area (Å²) >= 11 is 1.34. The Bertz CT molecular complexity index is 1600. The molecule has 0 N–H and O–H groups in total. The highest BCUT2D eigenvalue weighted by Crippen LogP contribution is 2.30. The van der Waals surface area contributed by atoms with E-state index in [0.29, 0.717) is 42.7 Å². The maximum absolute atomic E-state index is 13.2. The van der Waals surface area contributed by atoms with Gasteiger partial charge in [-0.3, -0.25) is 9.36 Å². The highest BCUT2D eigenvalue weighted by Gasteiger charge is 2.28. The Morgan fingerprint density at radius 2 is 1.41 bits per heavy atom. The molecule has 212 valence electrons. The molecule has 0 unspecified atom stereocenters. The lowest BCUT2D eigenvalue weighted by Gasteiger charge is -2.36. The third-order valence-corrected chi connectivity index (χ3v) is 10.3. The number of sulfonamides is 1. The molecule has 41 heavy (non-hydrogen) atoms. The fraction of sp³-hybridized carbons (Fsp3) is 0.300. The van der Waals surface area contributed by atoms with Crippen LogP contribution in [0.5, 0.6) is 0 Å². The highest BCUT2D eigenvalue weighted by molar-refractivity contribution is 7.99. The fourth-order valence-electron chi connectivity index (χ4n) is 5.30. The quantitative estimate of drug-likeness (QED) is 0.286. The zero-order chi connectivity index (χ0) is 28.2. The average molecular weight is 589 g/mol. The van der Waals surface area contributed by atoms with Crippen LogP contribution in [0.2, 0.25) is 0 Å². The summed E-state index contributed by atoms with van der Waals surface area (Å²) < 4.78 is 29.9. The summed E-state index contributed by atoms with van der Waals surface area (Å²) in [5, 5.41) is 9.49. The molecule has 1 amide bonds. The lowest BCUT2D eigenvalue weighted by molar-refractivity contribution is -0.128. The molecule has 6 rings (SSSR count). The monoisotopic (exact) mass is 588 g/mol. The van der Waals surface area contributed by atoms with Gasteiger partial charge in [-0.25, -0.2) is 8.42 Å². The number of aromatic nitrogens is 3. The van der Waals surface area contributed by atoms with E-state index in [1.165, 1.54) is 17.4 Å². The molecule has 2 fully saturated rings. The second-order valence-electron chi connectivity index (χ2n) is 10.1. The van der Waals surface area contributed by atoms with Gasteiger partial charge in [0, 0.05) is 56.2 Å². The number of piperazine rings is 1. The summed E-state index contributed by atoms with van der Waals surface area (Å²) in [6.07, 6.45) is 1.76. The molecule has 2 aliphatic heterocycles. The Balaban J connectivity index is 1.21. The van der Waals surface area contributed by atoms with Crippen molar-refractivity contribution in [1.82, 2.24) is 24.0 Å². The molecule has 0 spiro atoms. The third kappa shape index (κ3) is 5.88. The Kier molecular flexibility index (Phi) is 8.09. The molecular weight excluding hydrogens is 557 g/mol. The van der Waals surface area contributed by atoms with Crippen LogP contribution in [0.4, 0.5) is 5.69 Å². The first-order chi connectivity index (χ1) is 20.0. The van der Waals surface area contributed by atoms with E-state index in [0.717, 1.165) is 31.6 Å². The standard InChI is InChI=1S/C30H32N6O3S2/c37-28(34-20-18-33(19-21-34)25-11-3-1-4-12-25)23-40-30-32-31-29(36(30)26-13-5-2-6-14-26)24-10-9-15-27(22-24)41(38,39)35-16-7-8-17-35/h1-6,9-15,22H,7-8,16-21,23H2. The number of thioether (sulfide) groups is 1. The molecule has 3 heterocycles. The number of amides is 1. The van der Waals surface area contributed by atoms with Gasteiger partial charge in [0.2, 0.25) is 15.9 Å². The number of benzene rings is 3. The van der Waals surface area contributed by atoms with E-state index in [9.17, 15) is 13.2 Å². The number of nitrogens with zero attached hydrogens (tertiary/aromatic N) is 6. The van der Waals surface area contributed by atoms with Gasteiger partial charge in [0.15, 0.2) is 11.0 Å². The first-order valence-electron chi connectivity index (χ1n) is 13.8. The molecule has 0 radical (unpaired) electrons. The van der Waals surface area contributed by atoms with Crippen LogP contribution >= 0.6 is 11.8 Å². The van der Waals surface area contributed by atoms with E-state index >= 15 is 0 Å². The molecule has 0 bridgehead atoms. The van der Waals surface area contributed by atoms with Crippen molar-refractivity contribution in [3.63, 3.8) is 0 Å². The lowest BCUT2D eigenvalue weighted by atomic mass is 10.2. The summed E-state index contributed by atoms with van der Waals surface area (Å²) in [5.74, 6) is 0.825. The van der Waals surface area contributed by atoms with Crippen LogP contribution in [0.15, 0.2) is 95.0 Å². The van der Waals surface area contributed by atoms with E-state index in [1.54, 1.807) is 22.5 Å². The molecule has 9 nitrogen and oxygen atoms in total. The van der Waals surface area contributed by atoms with E-state index in [2.05, 4.69) is 27.2 Å². The van der Waals surface area contributed by atoms with Gasteiger partial charge in [0.1, 0.15) is 0 Å². The third-order valence-electron chi connectivity index (χ3n) is 7.52. The number of rotatable bonds is 8. The van der Waals surface area contributed by atoms with Crippen molar-refractivity contribution in [2.75, 3.05) is 49.9 Å². The van der Waals surface area contributed by atoms with Crippen LogP contribution in [0.25, 0.3) is 17.1 Å². The molecule has 0 aliphatic carbocycles. The fourth-order valence-corrected chi connectivity index (χ4v) is 7.72. The van der Waals surface area contributed by atoms with Crippen molar-refractivity contribution < 1.29 is 13.2 Å². The van der Waals surface area contributed by atoms with E-state index < -0.39 is 10.0 Å². The zero-order valence-corrected chi connectivity index (χ0v) is 24.3. The van der Waals surface area contributed by atoms with Crippen molar-refractivity contribution in [2.24, 2.45) is 0 Å². The number of hydrogen-bond acceptors (Lipinski definition) is 7. The second kappa shape index (κ2) is 12.1. The number of hydrogen-bond donors (Lipinski definition) is 0. The SMILES string of the molecule is O=C(CSc1nnc(-c2cccc(S(=O)(=O)N3CCCC3)c2)n1-c1ccccc1)N1CCN(c2ccccc2)CC1. The largest absolute Gasteiger partial charge is 0.368 e. The molecule has 3 aromatic carbocycles. The van der Waals surface area contributed by atoms with Crippen LogP contribution in [-0.2, 0) is 14.8 Å². The lowest BCUT2D eigenvalue weighted by Crippen LogP contribution is -2.49. The first-order valence-corrected chi connectivity index (χ1v) is 16.3. The topological polar surface area (TPSA) is 91.6 Å². The molecule has 1 aromatic heterocycles. The van der Waals surface area contributed by atoms with Gasteiger partial charge in [-0.1, -0.05) is 60.3 Å². The Morgan fingerprint density at radius 3 is 2.10 bits per heavy atom. The van der Waals surface area contributed by atoms with Crippen molar-refractivity contribution in [3.8, 4) is 17.1 Å². The number of carbonyl (C=O) groups excluding carboxylic acids is 1. The van der Waals surface area contributed by atoms with Gasteiger partial charge in [0.05, 0.1) is 10.6 Å². The molecular formula is C30H32N6O3S2. The number of carbonyl (C=O) groups is 1. The maximum atomic E-state index is 13.2. The van der Waals surface area contributed by atoms with Crippen molar-refractivity contribution in [2.45, 2.75) is 22.9 Å². The average Bonchev–Trinajstić information content (AvgIpc) is 3.72. The minimum Gasteiger partial charge on any atom is -0.368 e. The predicted molar refractivity (Wildman–Crippen MR) is 161 cm³/mol. The summed E-state index contributed by atoms with van der Waals surface area (Å²) in [7, 11) is -3.58. The summed E-state index contributed by atoms with van der Waals surface area (Å²) in [5.41, 5.74) is 2.67. The van der Waals surface area contributed by atoms with Gasteiger partial charge in [-0.05, 0) is 49.2 Å². The van der Waals surface area contributed by atoms with Crippen LogP contribution in [0.3, 0.4) is 0 Å². The van der Waals surface area contributed by atoms with Gasteiger partial charge in [0.25, 0.3) is 0 Å². The molecule has 11 heteroatoms. The minimum absolute atomic E-state index is 0.0607. The summed E-state index contributed by atoms with van der Waals surface area (Å²) in [6.45, 7) is 4.01. The Morgan fingerprint density at radius 1 is 0.756 bits per heavy atom. The molecule has 4 aromatic rings. The smallest absolute Gasteiger partial charge is 0.243 e. The molecule has 0 saturated carbocycles. The van der Waals surface area contributed by atoms with Crippen LogP contribution < -0.4 is 4.90 Å². The zero-order valence-electron chi connectivity index (χ0n) is 22.7. The van der Waals surface area contributed by atoms with Crippen LogP contribution in [0, 0.1) is 0 Å². The van der Waals surface area contributed by atoms with Crippen LogP contribution in [0.1, 0.15) is 12.8 Å². The van der Waals surface area contributed by atoms with Gasteiger partial charge < -0.3 is 9.80 Å². The minimum atomic E-state index is -3.58. The van der Waals surface area contributed by atoms with E-state index in [1.807, 2.05) is 64.1 Å². The maximum Gasteiger partial charge on any atom is 0.243 e. The highest BCUT2D eigenvalue weighted by atomic mass is 32.2. The van der Waals surface area contributed by atoms with Gasteiger partial charge in [-0.2, -0.15) is 4.31 Å². The summed E-state index contributed by atoms with van der Waals surface area (Å²) in [4.78, 5) is 17.6. The molecule has 0 atom stereocenters. The van der Waals surface area contributed by atoms with E-state index in [4.69, 9.17) is 0 Å². The summed E-state index contributed by atoms with van der Waals surface area (Å²) in [6, 6.07) is 26.8. The molecule has 2 saturated heterocycles. The van der Waals surface area contributed by atoms with Crippen LogP contribution in [-0.4, -0.2) is 83.3 Å². The van der Waals surface area contributed by atoms with Gasteiger partial charge in [-0.15, -0.1) is 10.2 Å².